The number of aromatic nitrogens is 1. The van der Waals surface area contributed by atoms with Crippen LogP contribution in [0.4, 0.5) is 0 Å². The third kappa shape index (κ3) is 3.15. The standard InChI is InChI=1S/C15H24N4O3S/c1-16-7-9-18(10-8-16)15(20)14-11-13(12-17(14)2)23(21,22)19-5-3-4-6-19/h11-12H,3-10H2,1-2H3. The van der Waals surface area contributed by atoms with Gasteiger partial charge in [0.15, 0.2) is 0 Å². The Morgan fingerprint density at radius 2 is 1.61 bits per heavy atom. The Morgan fingerprint density at radius 3 is 2.22 bits per heavy atom. The molecule has 0 aromatic carbocycles. The van der Waals surface area contributed by atoms with Crippen molar-refractivity contribution in [2.45, 2.75) is 17.7 Å². The van der Waals surface area contributed by atoms with Gasteiger partial charge in [-0.15, -0.1) is 0 Å². The van der Waals surface area contributed by atoms with Gasteiger partial charge in [-0.1, -0.05) is 0 Å². The van der Waals surface area contributed by atoms with Crippen molar-refractivity contribution < 1.29 is 13.2 Å². The van der Waals surface area contributed by atoms with E-state index in [2.05, 4.69) is 4.90 Å². The van der Waals surface area contributed by atoms with Crippen LogP contribution in [-0.4, -0.2) is 79.3 Å². The quantitative estimate of drug-likeness (QED) is 0.788. The summed E-state index contributed by atoms with van der Waals surface area (Å²) in [7, 11) is 0.281. The number of piperazine rings is 1. The molecule has 7 nitrogen and oxygen atoms in total. The summed E-state index contributed by atoms with van der Waals surface area (Å²) in [6.45, 7) is 4.17. The topological polar surface area (TPSA) is 65.9 Å². The second-order valence-electron chi connectivity index (χ2n) is 6.38. The first-order chi connectivity index (χ1) is 10.9. The highest BCUT2D eigenvalue weighted by molar-refractivity contribution is 7.89. The van der Waals surface area contributed by atoms with Gasteiger partial charge >= 0.3 is 0 Å². The number of carbonyl (C=O) groups excluding carboxylic acids is 1. The fourth-order valence-electron chi connectivity index (χ4n) is 3.14. The van der Waals surface area contributed by atoms with Crippen LogP contribution in [0, 0.1) is 0 Å². The summed E-state index contributed by atoms with van der Waals surface area (Å²) in [6, 6.07) is 1.52. The molecule has 2 aliphatic rings. The Kier molecular flexibility index (Phi) is 4.48. The lowest BCUT2D eigenvalue weighted by Crippen LogP contribution is -2.47. The predicted octanol–water partition coefficient (Wildman–Crippen LogP) is 0.197. The third-order valence-corrected chi connectivity index (χ3v) is 6.56. The monoisotopic (exact) mass is 340 g/mol. The van der Waals surface area contributed by atoms with Gasteiger partial charge in [0.05, 0.1) is 0 Å². The van der Waals surface area contributed by atoms with E-state index in [4.69, 9.17) is 0 Å². The van der Waals surface area contributed by atoms with E-state index in [0.29, 0.717) is 31.9 Å². The molecule has 3 rings (SSSR count). The lowest BCUT2D eigenvalue weighted by atomic mass is 10.3. The maximum absolute atomic E-state index is 12.7. The van der Waals surface area contributed by atoms with E-state index < -0.39 is 10.0 Å². The minimum absolute atomic E-state index is 0.0940. The van der Waals surface area contributed by atoms with Crippen LogP contribution in [0.1, 0.15) is 23.3 Å². The molecule has 0 atom stereocenters. The van der Waals surface area contributed by atoms with Gasteiger partial charge in [-0.05, 0) is 26.0 Å². The number of hydrogen-bond donors (Lipinski definition) is 0. The van der Waals surface area contributed by atoms with Gasteiger partial charge in [-0.2, -0.15) is 4.31 Å². The Hall–Kier alpha value is -1.38. The van der Waals surface area contributed by atoms with E-state index in [9.17, 15) is 13.2 Å². The first-order valence-corrected chi connectivity index (χ1v) is 9.48. The van der Waals surface area contributed by atoms with E-state index in [1.165, 1.54) is 10.4 Å². The highest BCUT2D eigenvalue weighted by Crippen LogP contribution is 2.23. The summed E-state index contributed by atoms with van der Waals surface area (Å²) in [5.74, 6) is -0.0940. The minimum Gasteiger partial charge on any atom is -0.345 e. The molecular formula is C15H24N4O3S. The van der Waals surface area contributed by atoms with Gasteiger partial charge in [0, 0.05) is 52.5 Å². The molecule has 23 heavy (non-hydrogen) atoms. The number of amides is 1. The molecule has 0 radical (unpaired) electrons. The van der Waals surface area contributed by atoms with Crippen molar-refractivity contribution in [2.75, 3.05) is 46.3 Å². The van der Waals surface area contributed by atoms with E-state index in [1.807, 2.05) is 7.05 Å². The minimum atomic E-state index is -3.48. The second kappa shape index (κ2) is 6.26. The average molecular weight is 340 g/mol. The maximum atomic E-state index is 12.7. The molecule has 0 aliphatic carbocycles. The van der Waals surface area contributed by atoms with Crippen molar-refractivity contribution in [1.29, 1.82) is 0 Å². The lowest BCUT2D eigenvalue weighted by Gasteiger charge is -2.32. The average Bonchev–Trinajstić information content (AvgIpc) is 3.17. The molecule has 0 unspecified atom stereocenters. The first-order valence-electron chi connectivity index (χ1n) is 8.04. The Bertz CT molecular complexity index is 684. The molecule has 128 valence electrons. The number of rotatable bonds is 3. The summed E-state index contributed by atoms with van der Waals surface area (Å²) in [5.41, 5.74) is 0.437. The number of nitrogens with zero attached hydrogens (tertiary/aromatic N) is 4. The van der Waals surface area contributed by atoms with Crippen molar-refractivity contribution in [3.63, 3.8) is 0 Å². The molecule has 1 aromatic heterocycles. The summed E-state index contributed by atoms with van der Waals surface area (Å²) in [6.07, 6.45) is 3.36. The van der Waals surface area contributed by atoms with Gasteiger partial charge in [-0.3, -0.25) is 4.79 Å². The lowest BCUT2D eigenvalue weighted by molar-refractivity contribution is 0.0654. The van der Waals surface area contributed by atoms with Gasteiger partial charge < -0.3 is 14.4 Å². The molecule has 0 spiro atoms. The van der Waals surface area contributed by atoms with E-state index in [-0.39, 0.29) is 10.8 Å². The number of likely N-dealkylation sites (N-methyl/N-ethyl adjacent to an activating group) is 1. The summed E-state index contributed by atoms with van der Waals surface area (Å²) in [4.78, 5) is 16.9. The van der Waals surface area contributed by atoms with Gasteiger partial charge in [0.2, 0.25) is 10.0 Å². The Balaban J connectivity index is 1.82. The fraction of sp³-hybridized carbons (Fsp3) is 0.667. The zero-order chi connectivity index (χ0) is 16.6. The highest BCUT2D eigenvalue weighted by Gasteiger charge is 2.30. The smallest absolute Gasteiger partial charge is 0.270 e. The third-order valence-electron chi connectivity index (χ3n) is 4.69. The van der Waals surface area contributed by atoms with Crippen LogP contribution in [0.25, 0.3) is 0 Å². The number of aryl methyl sites for hydroxylation is 1. The largest absolute Gasteiger partial charge is 0.345 e. The van der Waals surface area contributed by atoms with Crippen molar-refractivity contribution in [1.82, 2.24) is 18.7 Å². The molecule has 0 saturated carbocycles. The van der Waals surface area contributed by atoms with Crippen molar-refractivity contribution in [3.05, 3.63) is 18.0 Å². The Labute approximate surface area is 137 Å². The van der Waals surface area contributed by atoms with E-state index >= 15 is 0 Å². The predicted molar refractivity (Wildman–Crippen MR) is 86.8 cm³/mol. The first kappa shape index (κ1) is 16.5. The summed E-state index contributed by atoms with van der Waals surface area (Å²) >= 11 is 0. The van der Waals surface area contributed by atoms with Crippen LogP contribution < -0.4 is 0 Å². The van der Waals surface area contributed by atoms with Crippen molar-refractivity contribution in [2.24, 2.45) is 7.05 Å². The number of hydrogen-bond acceptors (Lipinski definition) is 4. The zero-order valence-electron chi connectivity index (χ0n) is 13.7. The van der Waals surface area contributed by atoms with Crippen LogP contribution >= 0.6 is 0 Å². The van der Waals surface area contributed by atoms with Gasteiger partial charge in [0.1, 0.15) is 10.6 Å². The van der Waals surface area contributed by atoms with Crippen LogP contribution in [-0.2, 0) is 17.1 Å². The normalized spacial score (nSPS) is 21.0. The van der Waals surface area contributed by atoms with Gasteiger partial charge in [-0.25, -0.2) is 8.42 Å². The molecule has 3 heterocycles. The van der Waals surface area contributed by atoms with Crippen molar-refractivity contribution in [3.8, 4) is 0 Å². The molecule has 2 saturated heterocycles. The SMILES string of the molecule is CN1CCN(C(=O)c2cc(S(=O)(=O)N3CCCC3)cn2C)CC1. The molecular weight excluding hydrogens is 316 g/mol. The molecule has 0 N–H and O–H groups in total. The molecule has 8 heteroatoms. The summed E-state index contributed by atoms with van der Waals surface area (Å²) in [5, 5.41) is 0. The molecule has 2 fully saturated rings. The molecule has 1 aromatic rings. The van der Waals surface area contributed by atoms with Crippen LogP contribution in [0.3, 0.4) is 0 Å². The molecule has 0 bridgehead atoms. The highest BCUT2D eigenvalue weighted by atomic mass is 32.2. The van der Waals surface area contributed by atoms with Gasteiger partial charge in [0.25, 0.3) is 5.91 Å². The summed E-state index contributed by atoms with van der Waals surface area (Å²) < 4.78 is 28.4. The molecule has 1 amide bonds. The molecule has 2 aliphatic heterocycles. The van der Waals surface area contributed by atoms with Crippen LogP contribution in [0.15, 0.2) is 17.2 Å². The van der Waals surface area contributed by atoms with Crippen LogP contribution in [0.2, 0.25) is 0 Å². The number of carbonyl (C=O) groups is 1. The zero-order valence-corrected chi connectivity index (χ0v) is 14.5. The fourth-order valence-corrected chi connectivity index (χ4v) is 4.73. The van der Waals surface area contributed by atoms with Crippen LogP contribution in [0.5, 0.6) is 0 Å². The van der Waals surface area contributed by atoms with E-state index in [1.54, 1.807) is 22.7 Å². The second-order valence-corrected chi connectivity index (χ2v) is 8.32. The Morgan fingerprint density at radius 1 is 1.00 bits per heavy atom. The van der Waals surface area contributed by atoms with Crippen molar-refractivity contribution >= 4 is 15.9 Å². The van der Waals surface area contributed by atoms with E-state index in [0.717, 1.165) is 25.9 Å². The maximum Gasteiger partial charge on any atom is 0.270 e. The number of sulfonamides is 1.